The summed E-state index contributed by atoms with van der Waals surface area (Å²) >= 11 is 0. The number of aromatic nitrogens is 2. The average molecular weight is 344 g/mol. The SMILES string of the molecule is CC(C)NC(=O)CNC(=O)COC(=O)c1ccc(-n2cccn2)cc1. The third-order valence-electron chi connectivity index (χ3n) is 3.10. The summed E-state index contributed by atoms with van der Waals surface area (Å²) in [4.78, 5) is 34.9. The summed E-state index contributed by atoms with van der Waals surface area (Å²) in [5.74, 6) is -1.46. The molecule has 2 aromatic rings. The van der Waals surface area contributed by atoms with Crippen molar-refractivity contribution in [2.75, 3.05) is 13.2 Å². The molecule has 25 heavy (non-hydrogen) atoms. The molecular formula is C17H20N4O4. The molecule has 0 bridgehead atoms. The molecule has 0 spiro atoms. The molecule has 0 saturated heterocycles. The van der Waals surface area contributed by atoms with E-state index in [1.165, 1.54) is 0 Å². The van der Waals surface area contributed by atoms with Gasteiger partial charge >= 0.3 is 5.97 Å². The predicted molar refractivity (Wildman–Crippen MR) is 90.1 cm³/mol. The van der Waals surface area contributed by atoms with E-state index in [-0.39, 0.29) is 18.5 Å². The Kier molecular flexibility index (Phi) is 6.27. The highest BCUT2D eigenvalue weighted by Gasteiger charge is 2.11. The van der Waals surface area contributed by atoms with Gasteiger partial charge in [-0.2, -0.15) is 5.10 Å². The summed E-state index contributed by atoms with van der Waals surface area (Å²) in [5, 5.41) is 9.11. The first-order chi connectivity index (χ1) is 12.0. The number of hydrogen-bond acceptors (Lipinski definition) is 5. The van der Waals surface area contributed by atoms with Crippen LogP contribution in [0.2, 0.25) is 0 Å². The highest BCUT2D eigenvalue weighted by molar-refractivity contribution is 5.92. The molecule has 0 fully saturated rings. The summed E-state index contributed by atoms with van der Waals surface area (Å²) in [7, 11) is 0. The van der Waals surface area contributed by atoms with E-state index >= 15 is 0 Å². The fourth-order valence-electron chi connectivity index (χ4n) is 1.99. The minimum atomic E-state index is -0.617. The Morgan fingerprint density at radius 2 is 1.88 bits per heavy atom. The first-order valence-electron chi connectivity index (χ1n) is 7.79. The van der Waals surface area contributed by atoms with Crippen LogP contribution in [0, 0.1) is 0 Å². The van der Waals surface area contributed by atoms with Crippen LogP contribution >= 0.6 is 0 Å². The van der Waals surface area contributed by atoms with Crippen LogP contribution in [0.3, 0.4) is 0 Å². The number of esters is 1. The van der Waals surface area contributed by atoms with Crippen LogP contribution in [-0.2, 0) is 14.3 Å². The zero-order chi connectivity index (χ0) is 18.2. The molecule has 1 aromatic heterocycles. The van der Waals surface area contributed by atoms with Crippen LogP contribution in [0.4, 0.5) is 0 Å². The second-order valence-corrected chi connectivity index (χ2v) is 5.57. The normalized spacial score (nSPS) is 10.4. The van der Waals surface area contributed by atoms with Gasteiger partial charge in [0.1, 0.15) is 0 Å². The average Bonchev–Trinajstić information content (AvgIpc) is 3.12. The van der Waals surface area contributed by atoms with Gasteiger partial charge in [0.05, 0.1) is 17.8 Å². The molecule has 0 aliphatic rings. The molecule has 0 aliphatic carbocycles. The van der Waals surface area contributed by atoms with Gasteiger partial charge in [-0.3, -0.25) is 9.59 Å². The Labute approximate surface area is 145 Å². The van der Waals surface area contributed by atoms with Crippen molar-refractivity contribution in [3.8, 4) is 5.69 Å². The van der Waals surface area contributed by atoms with Crippen molar-refractivity contribution in [1.82, 2.24) is 20.4 Å². The highest BCUT2D eigenvalue weighted by atomic mass is 16.5. The van der Waals surface area contributed by atoms with Gasteiger partial charge in [-0.15, -0.1) is 0 Å². The molecule has 0 atom stereocenters. The van der Waals surface area contributed by atoms with Gasteiger partial charge in [0.15, 0.2) is 6.61 Å². The van der Waals surface area contributed by atoms with E-state index in [1.54, 1.807) is 47.4 Å². The van der Waals surface area contributed by atoms with Crippen molar-refractivity contribution in [2.45, 2.75) is 19.9 Å². The van der Waals surface area contributed by atoms with Gasteiger partial charge in [0.25, 0.3) is 5.91 Å². The Hall–Kier alpha value is -3.16. The van der Waals surface area contributed by atoms with E-state index in [0.717, 1.165) is 5.69 Å². The van der Waals surface area contributed by atoms with Crippen molar-refractivity contribution in [3.05, 3.63) is 48.3 Å². The molecule has 0 unspecified atom stereocenters. The van der Waals surface area contributed by atoms with Gasteiger partial charge in [-0.05, 0) is 44.2 Å². The monoisotopic (exact) mass is 344 g/mol. The molecular weight excluding hydrogens is 324 g/mol. The van der Waals surface area contributed by atoms with Gasteiger partial charge in [0, 0.05) is 18.4 Å². The number of amides is 2. The lowest BCUT2D eigenvalue weighted by Gasteiger charge is -2.09. The summed E-state index contributed by atoms with van der Waals surface area (Å²) in [5.41, 5.74) is 1.12. The fourth-order valence-corrected chi connectivity index (χ4v) is 1.99. The molecule has 0 aliphatic heterocycles. The van der Waals surface area contributed by atoms with E-state index in [9.17, 15) is 14.4 Å². The zero-order valence-corrected chi connectivity index (χ0v) is 14.1. The molecule has 2 amide bonds. The second-order valence-electron chi connectivity index (χ2n) is 5.57. The Balaban J connectivity index is 1.78. The fraction of sp³-hybridized carbons (Fsp3) is 0.294. The number of nitrogens with zero attached hydrogens (tertiary/aromatic N) is 2. The quantitative estimate of drug-likeness (QED) is 0.719. The maximum Gasteiger partial charge on any atom is 0.338 e. The largest absolute Gasteiger partial charge is 0.452 e. The minimum absolute atomic E-state index is 0.00746. The zero-order valence-electron chi connectivity index (χ0n) is 14.1. The number of ether oxygens (including phenoxy) is 1. The summed E-state index contributed by atoms with van der Waals surface area (Å²) in [6.45, 7) is 3.03. The second kappa shape index (κ2) is 8.62. The number of benzene rings is 1. The smallest absolute Gasteiger partial charge is 0.338 e. The van der Waals surface area contributed by atoms with E-state index in [4.69, 9.17) is 4.74 Å². The van der Waals surface area contributed by atoms with Crippen LogP contribution in [0.25, 0.3) is 5.69 Å². The van der Waals surface area contributed by atoms with Crippen molar-refractivity contribution < 1.29 is 19.1 Å². The predicted octanol–water partition coefficient (Wildman–Crippen LogP) is 0.670. The number of nitrogens with one attached hydrogen (secondary N) is 2. The van der Waals surface area contributed by atoms with Crippen molar-refractivity contribution >= 4 is 17.8 Å². The molecule has 8 heteroatoms. The number of hydrogen-bond donors (Lipinski definition) is 2. The molecule has 0 radical (unpaired) electrons. The number of carbonyl (C=O) groups is 3. The van der Waals surface area contributed by atoms with Gasteiger partial charge in [-0.1, -0.05) is 0 Å². The highest BCUT2D eigenvalue weighted by Crippen LogP contribution is 2.09. The first kappa shape index (κ1) is 18.2. The lowest BCUT2D eigenvalue weighted by Crippen LogP contribution is -2.41. The lowest BCUT2D eigenvalue weighted by atomic mass is 10.2. The van der Waals surface area contributed by atoms with Crippen LogP contribution in [0.15, 0.2) is 42.7 Å². The maximum absolute atomic E-state index is 11.9. The third-order valence-corrected chi connectivity index (χ3v) is 3.10. The Bertz CT molecular complexity index is 724. The van der Waals surface area contributed by atoms with Gasteiger partial charge in [-0.25, -0.2) is 9.48 Å². The molecule has 132 valence electrons. The van der Waals surface area contributed by atoms with E-state index < -0.39 is 18.5 Å². The molecule has 8 nitrogen and oxygen atoms in total. The third kappa shape index (κ3) is 5.76. The van der Waals surface area contributed by atoms with E-state index in [0.29, 0.717) is 5.56 Å². The molecule has 0 saturated carbocycles. The Morgan fingerprint density at radius 1 is 1.16 bits per heavy atom. The standard InChI is InChI=1S/C17H20N4O4/c1-12(2)20-15(22)10-18-16(23)11-25-17(24)13-4-6-14(7-5-13)21-9-3-8-19-21/h3-9,12H,10-11H2,1-2H3,(H,18,23)(H,20,22). The number of carbonyl (C=O) groups excluding carboxylic acids is 3. The van der Waals surface area contributed by atoms with Crippen LogP contribution < -0.4 is 10.6 Å². The summed E-state index contributed by atoms with van der Waals surface area (Å²) in [6.07, 6.45) is 3.44. The van der Waals surface area contributed by atoms with Crippen LogP contribution in [0.5, 0.6) is 0 Å². The van der Waals surface area contributed by atoms with Crippen molar-refractivity contribution in [2.24, 2.45) is 0 Å². The van der Waals surface area contributed by atoms with E-state index in [1.807, 2.05) is 13.8 Å². The minimum Gasteiger partial charge on any atom is -0.452 e. The lowest BCUT2D eigenvalue weighted by molar-refractivity contribution is -0.128. The molecule has 1 heterocycles. The summed E-state index contributed by atoms with van der Waals surface area (Å²) < 4.78 is 6.59. The molecule has 2 N–H and O–H groups in total. The van der Waals surface area contributed by atoms with Crippen molar-refractivity contribution in [1.29, 1.82) is 0 Å². The molecule has 2 rings (SSSR count). The van der Waals surface area contributed by atoms with Gasteiger partial charge < -0.3 is 15.4 Å². The number of rotatable bonds is 7. The maximum atomic E-state index is 11.9. The topological polar surface area (TPSA) is 102 Å². The van der Waals surface area contributed by atoms with Crippen molar-refractivity contribution in [3.63, 3.8) is 0 Å². The Morgan fingerprint density at radius 3 is 2.48 bits per heavy atom. The summed E-state index contributed by atoms with van der Waals surface area (Å²) in [6, 6.07) is 8.41. The van der Waals surface area contributed by atoms with Gasteiger partial charge in [0.2, 0.25) is 5.91 Å². The van der Waals surface area contributed by atoms with E-state index in [2.05, 4.69) is 15.7 Å². The van der Waals surface area contributed by atoms with Crippen LogP contribution in [-0.4, -0.2) is 46.8 Å². The molecule has 1 aromatic carbocycles. The van der Waals surface area contributed by atoms with Crippen LogP contribution in [0.1, 0.15) is 24.2 Å². The first-order valence-corrected chi connectivity index (χ1v) is 7.79.